The van der Waals surface area contributed by atoms with Crippen LogP contribution in [-0.2, 0) is 5.41 Å². The summed E-state index contributed by atoms with van der Waals surface area (Å²) in [6, 6.07) is 26.1. The molecule has 0 unspecified atom stereocenters. The van der Waals surface area contributed by atoms with Gasteiger partial charge >= 0.3 is 0 Å². The molecule has 0 aromatic heterocycles. The number of hydrogen-bond acceptors (Lipinski definition) is 0. The molecule has 0 amide bonds. The Morgan fingerprint density at radius 2 is 0.593 bits per heavy atom. The number of hydrogen-bond donors (Lipinski definition) is 0. The molecule has 3 aromatic rings. The Morgan fingerprint density at radius 3 is 0.815 bits per heavy atom. The van der Waals surface area contributed by atoms with Crippen LogP contribution in [0.1, 0.15) is 62.1 Å². The van der Waals surface area contributed by atoms with E-state index < -0.39 is 0 Å². The Balaban J connectivity index is 0.000000577. The van der Waals surface area contributed by atoms with Crippen molar-refractivity contribution in [3.63, 3.8) is 0 Å². The third kappa shape index (κ3) is 7.06. The highest BCUT2D eigenvalue weighted by Crippen LogP contribution is 2.31. The lowest BCUT2D eigenvalue weighted by molar-refractivity contribution is 0.640. The van der Waals surface area contributed by atoms with Crippen molar-refractivity contribution in [1.29, 1.82) is 0 Å². The van der Waals surface area contributed by atoms with Gasteiger partial charge in [0.1, 0.15) is 0 Å². The summed E-state index contributed by atoms with van der Waals surface area (Å²) in [6.45, 7) is 13.0. The van der Waals surface area contributed by atoms with E-state index in [0.29, 0.717) is 0 Å². The van der Waals surface area contributed by atoms with Crippen LogP contribution in [0.2, 0.25) is 0 Å². The average Bonchev–Trinajstić information content (AvgIpc) is 2.59. The van der Waals surface area contributed by atoms with Crippen molar-refractivity contribution in [2.75, 3.05) is 0 Å². The Hall–Kier alpha value is -2.34. The molecular formula is C27H38. The highest BCUT2D eigenvalue weighted by Gasteiger charge is 2.22. The first kappa shape index (κ1) is 24.7. The standard InChI is InChI=1S/C17H20.C8H10.2CH4/c1-13-5-9-15(10-6-13)17(3,4)16-11-7-14(2)8-12-16;1-7-3-5-8(2)6-4-7;;/h5-12H,1-4H3;3-6H,1-2H3;2*1H4. The summed E-state index contributed by atoms with van der Waals surface area (Å²) in [5, 5.41) is 0. The predicted molar refractivity (Wildman–Crippen MR) is 124 cm³/mol. The molecule has 0 aliphatic heterocycles. The molecule has 0 bridgehead atoms. The molecule has 0 radical (unpaired) electrons. The van der Waals surface area contributed by atoms with E-state index in [-0.39, 0.29) is 20.3 Å². The Labute approximate surface area is 168 Å². The first-order valence-electron chi connectivity index (χ1n) is 8.96. The van der Waals surface area contributed by atoms with Gasteiger partial charge in [-0.25, -0.2) is 0 Å². The lowest BCUT2D eigenvalue weighted by Crippen LogP contribution is -2.18. The van der Waals surface area contributed by atoms with Crippen LogP contribution in [0.3, 0.4) is 0 Å². The summed E-state index contributed by atoms with van der Waals surface area (Å²) in [5.74, 6) is 0. The van der Waals surface area contributed by atoms with Crippen LogP contribution < -0.4 is 0 Å². The Kier molecular flexibility index (Phi) is 9.79. The molecule has 146 valence electrons. The maximum Gasteiger partial charge on any atom is 0.0146 e. The van der Waals surface area contributed by atoms with Gasteiger partial charge in [0.2, 0.25) is 0 Å². The molecule has 0 fully saturated rings. The predicted octanol–water partition coefficient (Wildman–Crippen LogP) is 8.20. The third-order valence-electron chi connectivity index (χ3n) is 4.76. The average molecular weight is 363 g/mol. The molecule has 0 heterocycles. The van der Waals surface area contributed by atoms with E-state index in [1.165, 1.54) is 33.4 Å². The normalized spacial score (nSPS) is 10.0. The van der Waals surface area contributed by atoms with Crippen LogP contribution in [0.4, 0.5) is 0 Å². The van der Waals surface area contributed by atoms with Gasteiger partial charge in [0, 0.05) is 5.41 Å². The Morgan fingerprint density at radius 1 is 0.407 bits per heavy atom. The molecular weight excluding hydrogens is 324 g/mol. The summed E-state index contributed by atoms with van der Waals surface area (Å²) in [5.41, 5.74) is 8.09. The zero-order chi connectivity index (χ0) is 18.4. The summed E-state index contributed by atoms with van der Waals surface area (Å²) >= 11 is 0. The zero-order valence-corrected chi connectivity index (χ0v) is 16.4. The first-order valence-corrected chi connectivity index (χ1v) is 8.96. The van der Waals surface area contributed by atoms with Crippen molar-refractivity contribution < 1.29 is 0 Å². The minimum absolute atomic E-state index is 0. The molecule has 3 aromatic carbocycles. The lowest BCUT2D eigenvalue weighted by atomic mass is 9.78. The number of aryl methyl sites for hydroxylation is 4. The van der Waals surface area contributed by atoms with Gasteiger partial charge in [-0.2, -0.15) is 0 Å². The van der Waals surface area contributed by atoms with Crippen LogP contribution >= 0.6 is 0 Å². The topological polar surface area (TPSA) is 0 Å². The summed E-state index contributed by atoms with van der Waals surface area (Å²) in [4.78, 5) is 0. The fourth-order valence-electron chi connectivity index (χ4n) is 2.74. The quantitative estimate of drug-likeness (QED) is 0.431. The lowest BCUT2D eigenvalue weighted by Gasteiger charge is -2.26. The van der Waals surface area contributed by atoms with Gasteiger partial charge in [0.25, 0.3) is 0 Å². The molecule has 0 spiro atoms. The van der Waals surface area contributed by atoms with Gasteiger partial charge in [-0.15, -0.1) is 0 Å². The van der Waals surface area contributed by atoms with Gasteiger partial charge in [-0.3, -0.25) is 0 Å². The maximum absolute atomic E-state index is 2.28. The molecule has 0 atom stereocenters. The van der Waals surface area contributed by atoms with E-state index in [2.05, 4.69) is 114 Å². The van der Waals surface area contributed by atoms with Crippen molar-refractivity contribution in [1.82, 2.24) is 0 Å². The van der Waals surface area contributed by atoms with Crippen LogP contribution in [0.25, 0.3) is 0 Å². The summed E-state index contributed by atoms with van der Waals surface area (Å²) in [7, 11) is 0. The molecule has 0 nitrogen and oxygen atoms in total. The van der Waals surface area contributed by atoms with Crippen molar-refractivity contribution in [2.45, 2.75) is 61.8 Å². The third-order valence-corrected chi connectivity index (χ3v) is 4.76. The van der Waals surface area contributed by atoms with Crippen LogP contribution in [-0.4, -0.2) is 0 Å². The van der Waals surface area contributed by atoms with Gasteiger partial charge in [0.05, 0.1) is 0 Å². The SMILES string of the molecule is C.C.Cc1ccc(C(C)(C)c2ccc(C)cc2)cc1.Cc1ccc(C)cc1. The fraction of sp³-hybridized carbons (Fsp3) is 0.333. The first-order chi connectivity index (χ1) is 11.8. The van der Waals surface area contributed by atoms with E-state index in [9.17, 15) is 0 Å². The molecule has 0 saturated carbocycles. The minimum Gasteiger partial charge on any atom is -0.0776 e. The van der Waals surface area contributed by atoms with E-state index in [0.717, 1.165) is 0 Å². The Bertz CT molecular complexity index is 704. The van der Waals surface area contributed by atoms with Crippen molar-refractivity contribution in [3.8, 4) is 0 Å². The monoisotopic (exact) mass is 362 g/mol. The molecule has 0 aliphatic rings. The zero-order valence-electron chi connectivity index (χ0n) is 16.4. The van der Waals surface area contributed by atoms with Crippen LogP contribution in [0, 0.1) is 27.7 Å². The highest BCUT2D eigenvalue weighted by atomic mass is 14.3. The van der Waals surface area contributed by atoms with E-state index in [1.807, 2.05) is 0 Å². The fourth-order valence-corrected chi connectivity index (χ4v) is 2.74. The molecule has 0 aliphatic carbocycles. The second-order valence-electron chi connectivity index (χ2n) is 7.51. The molecule has 0 N–H and O–H groups in total. The van der Waals surface area contributed by atoms with Crippen LogP contribution in [0.15, 0.2) is 72.8 Å². The largest absolute Gasteiger partial charge is 0.0776 e. The minimum atomic E-state index is 0. The van der Waals surface area contributed by atoms with Gasteiger partial charge in [-0.1, -0.05) is 124 Å². The maximum atomic E-state index is 2.28. The van der Waals surface area contributed by atoms with Gasteiger partial charge in [-0.05, 0) is 38.8 Å². The van der Waals surface area contributed by atoms with Crippen molar-refractivity contribution in [3.05, 3.63) is 106 Å². The van der Waals surface area contributed by atoms with Gasteiger partial charge < -0.3 is 0 Å². The molecule has 27 heavy (non-hydrogen) atoms. The molecule has 0 heteroatoms. The van der Waals surface area contributed by atoms with E-state index >= 15 is 0 Å². The smallest absolute Gasteiger partial charge is 0.0146 e. The second kappa shape index (κ2) is 10.7. The van der Waals surface area contributed by atoms with Gasteiger partial charge in [0.15, 0.2) is 0 Å². The number of rotatable bonds is 2. The highest BCUT2D eigenvalue weighted by molar-refractivity contribution is 5.39. The van der Waals surface area contributed by atoms with E-state index in [1.54, 1.807) is 0 Å². The number of benzene rings is 3. The second-order valence-corrected chi connectivity index (χ2v) is 7.51. The molecule has 0 saturated heterocycles. The summed E-state index contributed by atoms with van der Waals surface area (Å²) < 4.78 is 0. The van der Waals surface area contributed by atoms with Crippen molar-refractivity contribution in [2.24, 2.45) is 0 Å². The van der Waals surface area contributed by atoms with E-state index in [4.69, 9.17) is 0 Å². The van der Waals surface area contributed by atoms with Crippen molar-refractivity contribution >= 4 is 0 Å². The molecule has 3 rings (SSSR count). The summed E-state index contributed by atoms with van der Waals surface area (Å²) in [6.07, 6.45) is 0. The van der Waals surface area contributed by atoms with Crippen LogP contribution in [0.5, 0.6) is 0 Å².